The van der Waals surface area contributed by atoms with Crippen molar-refractivity contribution in [2.24, 2.45) is 0 Å². The molecule has 0 N–H and O–H groups in total. The monoisotopic (exact) mass is 362 g/mol. The lowest BCUT2D eigenvalue weighted by Crippen LogP contribution is -2.16. The average molecular weight is 363 g/mol. The van der Waals surface area contributed by atoms with E-state index in [0.29, 0.717) is 17.7 Å². The summed E-state index contributed by atoms with van der Waals surface area (Å²) in [6.45, 7) is 6.65. The van der Waals surface area contributed by atoms with Gasteiger partial charge in [-0.15, -0.1) is 0 Å². The summed E-state index contributed by atoms with van der Waals surface area (Å²) in [6, 6.07) is 6.58. The molecule has 0 aliphatic carbocycles. The Balaban J connectivity index is 2.45. The second-order valence-electron chi connectivity index (χ2n) is 6.84. The van der Waals surface area contributed by atoms with Crippen LogP contribution in [0, 0.1) is 0 Å². The molecule has 0 heterocycles. The van der Waals surface area contributed by atoms with Crippen molar-refractivity contribution in [1.29, 1.82) is 0 Å². The van der Waals surface area contributed by atoms with Gasteiger partial charge in [-0.2, -0.15) is 0 Å². The van der Waals surface area contributed by atoms with E-state index in [1.54, 1.807) is 24.3 Å². The van der Waals surface area contributed by atoms with E-state index in [2.05, 4.69) is 13.8 Å². The zero-order chi connectivity index (χ0) is 19.2. The molecule has 1 rings (SSSR count). The van der Waals surface area contributed by atoms with Crippen LogP contribution >= 0.6 is 0 Å². The molecule has 0 aliphatic rings. The summed E-state index contributed by atoms with van der Waals surface area (Å²) >= 11 is 0. The fourth-order valence-corrected chi connectivity index (χ4v) is 2.72. The highest BCUT2D eigenvalue weighted by Gasteiger charge is 2.15. The number of carbonyl (C=O) groups is 2. The molecule has 0 aromatic heterocycles. The lowest BCUT2D eigenvalue weighted by Gasteiger charge is -2.13. The van der Waals surface area contributed by atoms with E-state index in [1.807, 2.05) is 6.92 Å². The van der Waals surface area contributed by atoms with E-state index in [-0.39, 0.29) is 18.0 Å². The molecule has 0 spiro atoms. The van der Waals surface area contributed by atoms with Crippen molar-refractivity contribution < 1.29 is 19.1 Å². The lowest BCUT2D eigenvalue weighted by atomic mass is 10.1. The molecule has 1 aromatic rings. The van der Waals surface area contributed by atoms with Gasteiger partial charge in [-0.05, 0) is 44.4 Å². The quantitative estimate of drug-likeness (QED) is 0.322. The predicted octanol–water partition coefficient (Wildman–Crippen LogP) is 5.94. The van der Waals surface area contributed by atoms with Gasteiger partial charge in [0.15, 0.2) is 0 Å². The van der Waals surface area contributed by atoms with Crippen molar-refractivity contribution in [3.63, 3.8) is 0 Å². The number of esters is 2. The molecule has 1 aromatic carbocycles. The SMILES string of the molecule is CCCCCCCOC(=O)c1cccc(C(=O)OC(C)CCCCC)c1. The maximum absolute atomic E-state index is 12.2. The Morgan fingerprint density at radius 2 is 1.50 bits per heavy atom. The first-order valence-corrected chi connectivity index (χ1v) is 10.1. The van der Waals surface area contributed by atoms with Gasteiger partial charge in [0.1, 0.15) is 0 Å². The van der Waals surface area contributed by atoms with Crippen molar-refractivity contribution in [2.75, 3.05) is 6.61 Å². The zero-order valence-corrected chi connectivity index (χ0v) is 16.6. The molecule has 0 saturated heterocycles. The Bertz CT molecular complexity index is 539. The van der Waals surface area contributed by atoms with E-state index >= 15 is 0 Å². The van der Waals surface area contributed by atoms with Crippen LogP contribution in [0.4, 0.5) is 0 Å². The first-order chi connectivity index (χ1) is 12.6. The van der Waals surface area contributed by atoms with Gasteiger partial charge in [0.2, 0.25) is 0 Å². The fraction of sp³-hybridized carbons (Fsp3) is 0.636. The van der Waals surface area contributed by atoms with Gasteiger partial charge in [-0.1, -0.05) is 58.4 Å². The minimum absolute atomic E-state index is 0.118. The van der Waals surface area contributed by atoms with Gasteiger partial charge in [0.05, 0.1) is 23.8 Å². The zero-order valence-electron chi connectivity index (χ0n) is 16.6. The topological polar surface area (TPSA) is 52.6 Å². The normalized spacial score (nSPS) is 11.8. The summed E-state index contributed by atoms with van der Waals surface area (Å²) in [4.78, 5) is 24.4. The Labute approximate surface area is 158 Å². The molecule has 4 nitrogen and oxygen atoms in total. The Hall–Kier alpha value is -1.84. The van der Waals surface area contributed by atoms with E-state index in [4.69, 9.17) is 9.47 Å². The van der Waals surface area contributed by atoms with Crippen LogP contribution in [0.5, 0.6) is 0 Å². The molecule has 0 fully saturated rings. The van der Waals surface area contributed by atoms with Gasteiger partial charge < -0.3 is 9.47 Å². The Kier molecular flexibility index (Phi) is 11.4. The van der Waals surface area contributed by atoms with Gasteiger partial charge in [-0.3, -0.25) is 0 Å². The highest BCUT2D eigenvalue weighted by Crippen LogP contribution is 2.13. The van der Waals surface area contributed by atoms with Crippen LogP contribution < -0.4 is 0 Å². The Morgan fingerprint density at radius 3 is 2.19 bits per heavy atom. The number of benzene rings is 1. The van der Waals surface area contributed by atoms with Crippen molar-refractivity contribution in [2.45, 2.75) is 84.7 Å². The molecule has 4 heteroatoms. The van der Waals surface area contributed by atoms with Gasteiger partial charge in [-0.25, -0.2) is 9.59 Å². The second-order valence-corrected chi connectivity index (χ2v) is 6.84. The highest BCUT2D eigenvalue weighted by molar-refractivity contribution is 5.95. The van der Waals surface area contributed by atoms with Gasteiger partial charge in [0.25, 0.3) is 0 Å². The predicted molar refractivity (Wildman–Crippen MR) is 105 cm³/mol. The number of rotatable bonds is 13. The van der Waals surface area contributed by atoms with Gasteiger partial charge in [0, 0.05) is 0 Å². The minimum atomic E-state index is -0.386. The summed E-state index contributed by atoms with van der Waals surface area (Å²) in [5, 5.41) is 0. The molecule has 1 unspecified atom stereocenters. The molecule has 0 saturated carbocycles. The number of unbranched alkanes of at least 4 members (excludes halogenated alkanes) is 6. The molecule has 0 amide bonds. The first kappa shape index (κ1) is 22.2. The molecule has 0 aliphatic heterocycles. The smallest absolute Gasteiger partial charge is 0.338 e. The van der Waals surface area contributed by atoms with Crippen molar-refractivity contribution in [3.8, 4) is 0 Å². The standard InChI is InChI=1S/C22H34O4/c1-4-6-8-9-11-16-25-21(23)19-14-12-15-20(17-19)22(24)26-18(3)13-10-7-5-2/h12,14-15,17-18H,4-11,13,16H2,1-3H3. The Morgan fingerprint density at radius 1 is 0.885 bits per heavy atom. The summed E-state index contributed by atoms with van der Waals surface area (Å²) in [5.74, 6) is -0.769. The number of carbonyl (C=O) groups excluding carboxylic acids is 2. The fourth-order valence-electron chi connectivity index (χ4n) is 2.72. The molecular formula is C22H34O4. The number of hydrogen-bond acceptors (Lipinski definition) is 4. The molecule has 146 valence electrons. The highest BCUT2D eigenvalue weighted by atomic mass is 16.5. The summed E-state index contributed by atoms with van der Waals surface area (Å²) in [7, 11) is 0. The largest absolute Gasteiger partial charge is 0.462 e. The van der Waals surface area contributed by atoms with E-state index in [0.717, 1.165) is 38.5 Å². The lowest BCUT2D eigenvalue weighted by molar-refractivity contribution is 0.0319. The van der Waals surface area contributed by atoms with Crippen LogP contribution in [0.25, 0.3) is 0 Å². The third kappa shape index (κ3) is 9.02. The summed E-state index contributed by atoms with van der Waals surface area (Å²) in [6.07, 6.45) is 9.61. The molecule has 26 heavy (non-hydrogen) atoms. The first-order valence-electron chi connectivity index (χ1n) is 10.1. The molecule has 0 bridgehead atoms. The van der Waals surface area contributed by atoms with Crippen LogP contribution in [0.2, 0.25) is 0 Å². The van der Waals surface area contributed by atoms with Crippen LogP contribution in [0.1, 0.15) is 99.3 Å². The molecular weight excluding hydrogens is 328 g/mol. The number of hydrogen-bond donors (Lipinski definition) is 0. The third-order valence-corrected chi connectivity index (χ3v) is 4.34. The number of ether oxygens (including phenoxy) is 2. The van der Waals surface area contributed by atoms with Crippen LogP contribution in [0.3, 0.4) is 0 Å². The van der Waals surface area contributed by atoms with Crippen LogP contribution in [0.15, 0.2) is 24.3 Å². The van der Waals surface area contributed by atoms with Gasteiger partial charge >= 0.3 is 11.9 Å². The second kappa shape index (κ2) is 13.4. The average Bonchev–Trinajstić information content (AvgIpc) is 2.64. The third-order valence-electron chi connectivity index (χ3n) is 4.34. The van der Waals surface area contributed by atoms with Crippen molar-refractivity contribution in [1.82, 2.24) is 0 Å². The van der Waals surface area contributed by atoms with Crippen LogP contribution in [-0.2, 0) is 9.47 Å². The summed E-state index contributed by atoms with van der Waals surface area (Å²) < 4.78 is 10.8. The maximum Gasteiger partial charge on any atom is 0.338 e. The van der Waals surface area contributed by atoms with E-state index in [9.17, 15) is 9.59 Å². The van der Waals surface area contributed by atoms with E-state index < -0.39 is 0 Å². The maximum atomic E-state index is 12.2. The van der Waals surface area contributed by atoms with E-state index in [1.165, 1.54) is 19.3 Å². The molecule has 1 atom stereocenters. The molecule has 0 radical (unpaired) electrons. The minimum Gasteiger partial charge on any atom is -0.462 e. The van der Waals surface area contributed by atoms with Crippen molar-refractivity contribution >= 4 is 11.9 Å². The van der Waals surface area contributed by atoms with Crippen molar-refractivity contribution in [3.05, 3.63) is 35.4 Å². The van der Waals surface area contributed by atoms with Crippen LogP contribution in [-0.4, -0.2) is 24.6 Å². The summed E-state index contributed by atoms with van der Waals surface area (Å²) in [5.41, 5.74) is 0.788.